The predicted molar refractivity (Wildman–Crippen MR) is 101 cm³/mol. The number of nitrogens with zero attached hydrogens (tertiary/aromatic N) is 3. The maximum atomic E-state index is 13.1. The number of rotatable bonds is 6. The Labute approximate surface area is 159 Å². The Balaban J connectivity index is 2.02. The number of hydrogen-bond donors (Lipinski definition) is 1. The largest absolute Gasteiger partial charge is 0.497 e. The number of ether oxygens (including phenoxy) is 2. The second kappa shape index (κ2) is 7.48. The summed E-state index contributed by atoms with van der Waals surface area (Å²) in [7, 11) is 8.76. The number of likely N-dealkylation sites (N-methyl/N-ethyl adjacent to an activating group) is 2. The standard InChI is InChI=1S/C19H26N4O4/c1-21(2)8-9-23-11-14-16(18(23)24)17(20-19(25)22(14)3)13-10-12(26-4)6-7-15(13)27-5/h6-7,10,17H,8-9,11H2,1-5H3,(H,20,25). The van der Waals surface area contributed by atoms with Crippen molar-refractivity contribution in [3.63, 3.8) is 0 Å². The van der Waals surface area contributed by atoms with Crippen LogP contribution in [-0.4, -0.2) is 81.6 Å². The molecule has 0 aromatic heterocycles. The maximum absolute atomic E-state index is 13.1. The average molecular weight is 374 g/mol. The molecule has 3 rings (SSSR count). The van der Waals surface area contributed by atoms with E-state index in [0.717, 1.165) is 12.2 Å². The van der Waals surface area contributed by atoms with Crippen molar-refractivity contribution in [3.05, 3.63) is 35.0 Å². The quantitative estimate of drug-likeness (QED) is 0.806. The van der Waals surface area contributed by atoms with Crippen molar-refractivity contribution < 1.29 is 19.1 Å². The lowest BCUT2D eigenvalue weighted by Gasteiger charge is -2.31. The molecule has 27 heavy (non-hydrogen) atoms. The van der Waals surface area contributed by atoms with Crippen LogP contribution in [0.15, 0.2) is 29.5 Å². The topological polar surface area (TPSA) is 74.3 Å². The Morgan fingerprint density at radius 3 is 2.59 bits per heavy atom. The minimum Gasteiger partial charge on any atom is -0.497 e. The summed E-state index contributed by atoms with van der Waals surface area (Å²) in [4.78, 5) is 31.0. The highest BCUT2D eigenvalue weighted by Crippen LogP contribution is 2.40. The zero-order chi connectivity index (χ0) is 19.7. The van der Waals surface area contributed by atoms with Gasteiger partial charge in [-0.25, -0.2) is 4.79 Å². The van der Waals surface area contributed by atoms with Crippen LogP contribution in [0.1, 0.15) is 11.6 Å². The SMILES string of the molecule is COc1ccc(OC)c(C2NC(=O)N(C)C3=C2C(=O)N(CCN(C)C)C3)c1. The lowest BCUT2D eigenvalue weighted by atomic mass is 9.94. The van der Waals surface area contributed by atoms with Gasteiger partial charge in [-0.1, -0.05) is 0 Å². The first-order chi connectivity index (χ1) is 12.9. The van der Waals surface area contributed by atoms with Gasteiger partial charge in [0.2, 0.25) is 0 Å². The van der Waals surface area contributed by atoms with Crippen LogP contribution in [0.5, 0.6) is 11.5 Å². The van der Waals surface area contributed by atoms with E-state index in [0.29, 0.717) is 35.7 Å². The van der Waals surface area contributed by atoms with Crippen LogP contribution in [0.3, 0.4) is 0 Å². The summed E-state index contributed by atoms with van der Waals surface area (Å²) >= 11 is 0. The van der Waals surface area contributed by atoms with E-state index in [4.69, 9.17) is 9.47 Å². The molecule has 0 aliphatic carbocycles. The summed E-state index contributed by atoms with van der Waals surface area (Å²) in [5, 5.41) is 2.93. The number of benzene rings is 1. The normalized spacial score (nSPS) is 19.6. The molecule has 2 heterocycles. The summed E-state index contributed by atoms with van der Waals surface area (Å²) in [6.07, 6.45) is 0. The van der Waals surface area contributed by atoms with Gasteiger partial charge in [-0.15, -0.1) is 0 Å². The Bertz CT molecular complexity index is 790. The number of carbonyl (C=O) groups excluding carboxylic acids is 2. The van der Waals surface area contributed by atoms with Gasteiger partial charge in [-0.05, 0) is 32.3 Å². The molecular formula is C19H26N4O4. The van der Waals surface area contributed by atoms with E-state index in [1.165, 1.54) is 4.90 Å². The molecular weight excluding hydrogens is 348 g/mol. The molecule has 1 unspecified atom stereocenters. The lowest BCUT2D eigenvalue weighted by molar-refractivity contribution is -0.125. The molecule has 2 aliphatic rings. The van der Waals surface area contributed by atoms with Crippen LogP contribution in [0.4, 0.5) is 4.79 Å². The summed E-state index contributed by atoms with van der Waals surface area (Å²) in [5.41, 5.74) is 2.02. The smallest absolute Gasteiger partial charge is 0.322 e. The van der Waals surface area contributed by atoms with Crippen molar-refractivity contribution in [2.24, 2.45) is 0 Å². The van der Waals surface area contributed by atoms with Gasteiger partial charge in [0.15, 0.2) is 0 Å². The first-order valence-corrected chi connectivity index (χ1v) is 8.80. The minimum atomic E-state index is -0.578. The molecule has 146 valence electrons. The highest BCUT2D eigenvalue weighted by molar-refractivity contribution is 6.01. The van der Waals surface area contributed by atoms with Crippen LogP contribution in [0.25, 0.3) is 0 Å². The van der Waals surface area contributed by atoms with E-state index >= 15 is 0 Å². The third-order valence-electron chi connectivity index (χ3n) is 5.00. The van der Waals surface area contributed by atoms with Crippen LogP contribution < -0.4 is 14.8 Å². The van der Waals surface area contributed by atoms with E-state index in [-0.39, 0.29) is 11.9 Å². The molecule has 0 saturated heterocycles. The Hall–Kier alpha value is -2.74. The van der Waals surface area contributed by atoms with E-state index in [1.807, 2.05) is 19.0 Å². The fraction of sp³-hybridized carbons (Fsp3) is 0.474. The van der Waals surface area contributed by atoms with Gasteiger partial charge >= 0.3 is 6.03 Å². The van der Waals surface area contributed by atoms with Crippen molar-refractivity contribution >= 4 is 11.9 Å². The molecule has 0 fully saturated rings. The molecule has 8 nitrogen and oxygen atoms in total. The van der Waals surface area contributed by atoms with E-state index < -0.39 is 6.04 Å². The fourth-order valence-corrected chi connectivity index (χ4v) is 3.42. The number of carbonyl (C=O) groups is 2. The van der Waals surface area contributed by atoms with Crippen LogP contribution in [0, 0.1) is 0 Å². The molecule has 1 aromatic carbocycles. The third kappa shape index (κ3) is 3.44. The number of amides is 3. The van der Waals surface area contributed by atoms with Crippen molar-refractivity contribution in [1.82, 2.24) is 20.0 Å². The van der Waals surface area contributed by atoms with E-state index in [9.17, 15) is 9.59 Å². The minimum absolute atomic E-state index is 0.0615. The number of nitrogens with one attached hydrogen (secondary N) is 1. The fourth-order valence-electron chi connectivity index (χ4n) is 3.42. The average Bonchev–Trinajstić information content (AvgIpc) is 2.99. The summed E-state index contributed by atoms with van der Waals surface area (Å²) < 4.78 is 10.8. The van der Waals surface area contributed by atoms with Crippen LogP contribution >= 0.6 is 0 Å². The number of urea groups is 1. The predicted octanol–water partition coefficient (Wildman–Crippen LogP) is 1.06. The second-order valence-corrected chi connectivity index (χ2v) is 6.94. The van der Waals surface area contributed by atoms with Gasteiger partial charge < -0.3 is 24.6 Å². The molecule has 3 amide bonds. The van der Waals surface area contributed by atoms with E-state index in [1.54, 1.807) is 44.4 Å². The third-order valence-corrected chi connectivity index (χ3v) is 5.00. The van der Waals surface area contributed by atoms with Crippen molar-refractivity contribution in [3.8, 4) is 11.5 Å². The molecule has 1 aromatic rings. The van der Waals surface area contributed by atoms with Crippen LogP contribution in [0.2, 0.25) is 0 Å². The van der Waals surface area contributed by atoms with E-state index in [2.05, 4.69) is 5.32 Å². The van der Waals surface area contributed by atoms with Gasteiger partial charge in [-0.3, -0.25) is 9.69 Å². The summed E-state index contributed by atoms with van der Waals surface area (Å²) in [6, 6.07) is 4.54. The van der Waals surface area contributed by atoms with Crippen LogP contribution in [-0.2, 0) is 4.79 Å². The van der Waals surface area contributed by atoms with Gasteiger partial charge in [0.1, 0.15) is 11.5 Å². The molecule has 0 bridgehead atoms. The van der Waals surface area contributed by atoms with Gasteiger partial charge in [0.05, 0.1) is 38.1 Å². The molecule has 0 saturated carbocycles. The molecule has 8 heteroatoms. The summed E-state index contributed by atoms with van der Waals surface area (Å²) in [6.45, 7) is 1.78. The first kappa shape index (κ1) is 19.0. The molecule has 1 atom stereocenters. The molecule has 2 aliphatic heterocycles. The Kier molecular flexibility index (Phi) is 5.27. The Morgan fingerprint density at radius 2 is 1.96 bits per heavy atom. The van der Waals surface area contributed by atoms with Crippen molar-refractivity contribution in [2.75, 3.05) is 55.0 Å². The number of hydrogen-bond acceptors (Lipinski definition) is 5. The lowest BCUT2D eigenvalue weighted by Crippen LogP contribution is -2.45. The molecule has 1 N–H and O–H groups in total. The van der Waals surface area contributed by atoms with Gasteiger partial charge in [0.25, 0.3) is 5.91 Å². The van der Waals surface area contributed by atoms with Crippen molar-refractivity contribution in [2.45, 2.75) is 6.04 Å². The highest BCUT2D eigenvalue weighted by atomic mass is 16.5. The zero-order valence-corrected chi connectivity index (χ0v) is 16.4. The highest BCUT2D eigenvalue weighted by Gasteiger charge is 2.43. The van der Waals surface area contributed by atoms with Gasteiger partial charge in [0, 0.05) is 25.7 Å². The second-order valence-electron chi connectivity index (χ2n) is 6.94. The number of methoxy groups -OCH3 is 2. The first-order valence-electron chi connectivity index (χ1n) is 8.80. The van der Waals surface area contributed by atoms with Gasteiger partial charge in [-0.2, -0.15) is 0 Å². The maximum Gasteiger partial charge on any atom is 0.322 e. The Morgan fingerprint density at radius 1 is 1.22 bits per heavy atom. The zero-order valence-electron chi connectivity index (χ0n) is 16.4. The van der Waals surface area contributed by atoms with Crippen molar-refractivity contribution in [1.29, 1.82) is 0 Å². The molecule has 0 radical (unpaired) electrons. The summed E-state index contributed by atoms with van der Waals surface area (Å²) in [5.74, 6) is 1.17. The monoisotopic (exact) mass is 374 g/mol. The molecule has 0 spiro atoms.